The first-order valence-electron chi connectivity index (χ1n) is 10.0. The molecule has 6 rings (SSSR count). The molecule has 0 radical (unpaired) electrons. The van der Waals surface area contributed by atoms with Crippen LogP contribution in [0, 0.1) is 5.82 Å². The molecule has 2 aliphatic heterocycles. The van der Waals surface area contributed by atoms with Crippen molar-refractivity contribution in [1.29, 1.82) is 0 Å². The lowest BCUT2D eigenvalue weighted by Gasteiger charge is -2.28. The van der Waals surface area contributed by atoms with Gasteiger partial charge < -0.3 is 23.9 Å². The van der Waals surface area contributed by atoms with Gasteiger partial charge in [-0.3, -0.25) is 0 Å². The van der Waals surface area contributed by atoms with E-state index in [0.29, 0.717) is 12.6 Å². The van der Waals surface area contributed by atoms with Crippen molar-refractivity contribution in [2.45, 2.75) is 13.0 Å². The maximum absolute atomic E-state index is 13.6. The molecule has 1 N–H and O–H groups in total. The molecule has 0 saturated carbocycles. The van der Waals surface area contributed by atoms with Crippen LogP contribution in [0.3, 0.4) is 0 Å². The largest absolute Gasteiger partial charge is 0.423 e. The maximum atomic E-state index is 13.6. The zero-order valence-corrected chi connectivity index (χ0v) is 15.9. The Morgan fingerprint density at radius 2 is 1.90 bits per heavy atom. The van der Waals surface area contributed by atoms with Gasteiger partial charge in [-0.1, -0.05) is 0 Å². The minimum absolute atomic E-state index is 0.219. The molecule has 2 aromatic heterocycles. The van der Waals surface area contributed by atoms with Crippen LogP contribution in [0.4, 0.5) is 16.1 Å². The topological polar surface area (TPSA) is 57.5 Å². The number of halogens is 1. The Bertz CT molecular complexity index is 1210. The lowest BCUT2D eigenvalue weighted by atomic mass is 10.0. The van der Waals surface area contributed by atoms with Crippen molar-refractivity contribution >= 4 is 33.7 Å². The Morgan fingerprint density at radius 1 is 1.00 bits per heavy atom. The van der Waals surface area contributed by atoms with E-state index in [-0.39, 0.29) is 5.82 Å². The first-order chi connectivity index (χ1) is 14.2. The van der Waals surface area contributed by atoms with Crippen molar-refractivity contribution in [3.8, 4) is 0 Å². The molecular weight excluding hydrogens is 371 g/mol. The smallest absolute Gasteiger partial charge is 0.298 e. The van der Waals surface area contributed by atoms with Crippen LogP contribution in [0.2, 0.25) is 0 Å². The molecule has 2 aromatic carbocycles. The van der Waals surface area contributed by atoms with Crippen molar-refractivity contribution in [3.63, 3.8) is 0 Å². The summed E-state index contributed by atoms with van der Waals surface area (Å²) >= 11 is 0. The molecule has 4 aromatic rings. The van der Waals surface area contributed by atoms with Crippen LogP contribution >= 0.6 is 0 Å². The van der Waals surface area contributed by atoms with Crippen molar-refractivity contribution < 1.29 is 13.5 Å². The number of rotatable bonds is 2. The van der Waals surface area contributed by atoms with Crippen molar-refractivity contribution in [2.24, 2.45) is 0 Å². The lowest BCUT2D eigenvalue weighted by Crippen LogP contribution is -2.36. The van der Waals surface area contributed by atoms with Gasteiger partial charge in [0.15, 0.2) is 5.58 Å². The average molecular weight is 392 g/mol. The van der Waals surface area contributed by atoms with E-state index < -0.39 is 0 Å². The first-order valence-corrected chi connectivity index (χ1v) is 10.0. The van der Waals surface area contributed by atoms with Gasteiger partial charge in [0.1, 0.15) is 11.3 Å². The predicted molar refractivity (Wildman–Crippen MR) is 110 cm³/mol. The van der Waals surface area contributed by atoms with E-state index in [1.54, 1.807) is 6.07 Å². The number of aromatic nitrogens is 2. The highest BCUT2D eigenvalue weighted by Crippen LogP contribution is 2.32. The van der Waals surface area contributed by atoms with E-state index in [4.69, 9.17) is 14.1 Å². The number of hydrogen-bond acceptors (Lipinski definition) is 5. The van der Waals surface area contributed by atoms with E-state index in [0.717, 1.165) is 67.0 Å². The van der Waals surface area contributed by atoms with Crippen LogP contribution in [-0.4, -0.2) is 42.8 Å². The van der Waals surface area contributed by atoms with Crippen molar-refractivity contribution in [2.75, 3.05) is 42.6 Å². The van der Waals surface area contributed by atoms with Crippen molar-refractivity contribution in [3.05, 3.63) is 53.5 Å². The lowest BCUT2D eigenvalue weighted by molar-refractivity contribution is 0.122. The number of nitrogens with one attached hydrogen (secondary N) is 1. The fourth-order valence-corrected chi connectivity index (χ4v) is 4.41. The molecule has 0 unspecified atom stereocenters. The minimum atomic E-state index is -0.219. The molecule has 1 saturated heterocycles. The Labute approximate surface area is 166 Å². The summed E-state index contributed by atoms with van der Waals surface area (Å²) in [6.45, 7) is 4.80. The van der Waals surface area contributed by atoms with Crippen LogP contribution in [0.5, 0.6) is 0 Å². The van der Waals surface area contributed by atoms with Gasteiger partial charge in [-0.05, 0) is 30.3 Å². The highest BCUT2D eigenvalue weighted by Gasteiger charge is 2.24. The molecule has 6 nitrogen and oxygen atoms in total. The number of oxazole rings is 1. The molecule has 0 spiro atoms. The van der Waals surface area contributed by atoms with Gasteiger partial charge >= 0.3 is 0 Å². The normalized spacial score (nSPS) is 17.3. The summed E-state index contributed by atoms with van der Waals surface area (Å²) in [6, 6.07) is 11.8. The molecule has 7 heteroatoms. The molecule has 0 bridgehead atoms. The van der Waals surface area contributed by atoms with Gasteiger partial charge in [0.2, 0.25) is 0 Å². The van der Waals surface area contributed by atoms with E-state index in [9.17, 15) is 4.39 Å². The Morgan fingerprint density at radius 3 is 2.79 bits per heavy atom. The first kappa shape index (κ1) is 16.9. The Hall–Kier alpha value is -3.06. The second kappa shape index (κ2) is 6.49. The summed E-state index contributed by atoms with van der Waals surface area (Å²) in [5.74, 6) is -0.219. The molecule has 29 heavy (non-hydrogen) atoms. The summed E-state index contributed by atoms with van der Waals surface area (Å²) < 4.78 is 25.2. The number of anilines is 2. The Kier molecular flexibility index (Phi) is 3.77. The van der Waals surface area contributed by atoms with Gasteiger partial charge in [0.25, 0.3) is 6.01 Å². The van der Waals surface area contributed by atoms with Crippen LogP contribution in [-0.2, 0) is 17.7 Å². The fraction of sp³-hybridized carbons (Fsp3) is 0.318. The van der Waals surface area contributed by atoms with E-state index >= 15 is 0 Å². The molecular formula is C22H21FN4O2. The number of aromatic amines is 1. The summed E-state index contributed by atoms with van der Waals surface area (Å²) in [7, 11) is 0. The third-order valence-electron chi connectivity index (χ3n) is 5.94. The van der Waals surface area contributed by atoms with Crippen LogP contribution < -0.4 is 9.80 Å². The predicted octanol–water partition coefficient (Wildman–Crippen LogP) is 3.85. The second-order valence-electron chi connectivity index (χ2n) is 7.69. The quantitative estimate of drug-likeness (QED) is 0.562. The number of H-pyrrole nitrogens is 1. The van der Waals surface area contributed by atoms with Crippen molar-refractivity contribution in [1.82, 2.24) is 9.97 Å². The third kappa shape index (κ3) is 2.84. The van der Waals surface area contributed by atoms with E-state index in [1.807, 2.05) is 12.1 Å². The maximum Gasteiger partial charge on any atom is 0.298 e. The molecule has 2 aliphatic rings. The van der Waals surface area contributed by atoms with Gasteiger partial charge in [-0.15, -0.1) is 0 Å². The molecule has 1 fully saturated rings. The third-order valence-corrected chi connectivity index (χ3v) is 5.94. The number of nitrogens with zero attached hydrogens (tertiary/aromatic N) is 3. The summed E-state index contributed by atoms with van der Waals surface area (Å²) in [5, 5.41) is 1.07. The monoisotopic (exact) mass is 392 g/mol. The second-order valence-corrected chi connectivity index (χ2v) is 7.69. The van der Waals surface area contributed by atoms with Gasteiger partial charge in [0.05, 0.1) is 13.2 Å². The van der Waals surface area contributed by atoms with Crippen LogP contribution in [0.1, 0.15) is 11.3 Å². The number of ether oxygens (including phenoxy) is 1. The van der Waals surface area contributed by atoms with Crippen LogP contribution in [0.15, 0.2) is 40.8 Å². The van der Waals surface area contributed by atoms with Gasteiger partial charge in [0, 0.05) is 66.5 Å². The Balaban J connectivity index is 1.32. The molecule has 0 amide bonds. The fourth-order valence-electron chi connectivity index (χ4n) is 4.41. The highest BCUT2D eigenvalue weighted by atomic mass is 19.1. The number of benzene rings is 2. The summed E-state index contributed by atoms with van der Waals surface area (Å²) in [6.07, 6.45) is 0.851. The average Bonchev–Trinajstić information content (AvgIpc) is 3.34. The van der Waals surface area contributed by atoms with E-state index in [1.165, 1.54) is 17.3 Å². The zero-order valence-electron chi connectivity index (χ0n) is 15.9. The van der Waals surface area contributed by atoms with Gasteiger partial charge in [-0.2, -0.15) is 4.98 Å². The standard InChI is InChI=1S/C22H21FN4O2/c23-14-1-3-16-17-13-27(6-5-18(17)24-20(16)11-14)22-25-19-4-2-15(12-21(19)29-22)26-7-9-28-10-8-26/h1-4,11-12,24H,5-10,13H2. The number of fused-ring (bicyclic) bond motifs is 4. The number of morpholine rings is 1. The van der Waals surface area contributed by atoms with Crippen LogP contribution in [0.25, 0.3) is 22.0 Å². The SMILES string of the molecule is Fc1ccc2c3c([nH]c2c1)CCN(c1nc2ccc(N4CCOCC4)cc2o1)C3. The van der Waals surface area contributed by atoms with E-state index in [2.05, 4.69) is 26.9 Å². The molecule has 0 aliphatic carbocycles. The number of hydrogen-bond donors (Lipinski definition) is 1. The van der Waals surface area contributed by atoms with Gasteiger partial charge in [-0.25, -0.2) is 4.39 Å². The highest BCUT2D eigenvalue weighted by molar-refractivity contribution is 5.85. The summed E-state index contributed by atoms with van der Waals surface area (Å²) in [5.41, 5.74) is 6.03. The molecule has 148 valence electrons. The summed E-state index contributed by atoms with van der Waals surface area (Å²) in [4.78, 5) is 12.6. The zero-order chi connectivity index (χ0) is 19.4. The molecule has 0 atom stereocenters. The minimum Gasteiger partial charge on any atom is -0.423 e. The molecule has 4 heterocycles.